The van der Waals surface area contributed by atoms with E-state index >= 15 is 0 Å². The van der Waals surface area contributed by atoms with Crippen LogP contribution in [0.15, 0.2) is 48.5 Å². The zero-order chi connectivity index (χ0) is 17.1. The minimum Gasteiger partial charge on any atom is -0.350 e. The van der Waals surface area contributed by atoms with Gasteiger partial charge in [0, 0.05) is 42.9 Å². The molecule has 0 saturated carbocycles. The molecule has 0 fully saturated rings. The smallest absolute Gasteiger partial charge is 0.269 e. The van der Waals surface area contributed by atoms with E-state index in [2.05, 4.69) is 5.32 Å². The van der Waals surface area contributed by atoms with Gasteiger partial charge >= 0.3 is 0 Å². The number of nitrogens with zero attached hydrogens (tertiary/aromatic N) is 2. The second-order valence-corrected chi connectivity index (χ2v) is 5.44. The molecule has 0 radical (unpaired) electrons. The SMILES string of the molecule is O=C(NCCN1Cc2ccccc2C1=O)c1ccc([N+](=O)[O-])cc1. The number of rotatable bonds is 5. The fourth-order valence-electron chi connectivity index (χ4n) is 2.64. The van der Waals surface area contributed by atoms with Gasteiger partial charge in [0.15, 0.2) is 0 Å². The van der Waals surface area contributed by atoms with E-state index in [-0.39, 0.29) is 17.5 Å². The highest BCUT2D eigenvalue weighted by Crippen LogP contribution is 2.21. The number of carbonyl (C=O) groups excluding carboxylic acids is 2. The van der Waals surface area contributed by atoms with Gasteiger partial charge in [-0.25, -0.2) is 0 Å². The van der Waals surface area contributed by atoms with Crippen LogP contribution < -0.4 is 5.32 Å². The van der Waals surface area contributed by atoms with Crippen molar-refractivity contribution in [1.82, 2.24) is 10.2 Å². The van der Waals surface area contributed by atoms with Gasteiger partial charge in [-0.05, 0) is 23.8 Å². The quantitative estimate of drug-likeness (QED) is 0.672. The summed E-state index contributed by atoms with van der Waals surface area (Å²) in [6.07, 6.45) is 0. The van der Waals surface area contributed by atoms with E-state index in [9.17, 15) is 19.7 Å². The number of amides is 2. The standard InChI is InChI=1S/C17H15N3O4/c21-16(12-5-7-14(8-6-12)20(23)24)18-9-10-19-11-13-3-1-2-4-15(13)17(19)22/h1-8H,9-11H2,(H,18,21). The highest BCUT2D eigenvalue weighted by molar-refractivity contribution is 5.98. The van der Waals surface area contributed by atoms with Crippen molar-refractivity contribution in [2.24, 2.45) is 0 Å². The Hall–Kier alpha value is -3.22. The van der Waals surface area contributed by atoms with Crippen LogP contribution in [-0.2, 0) is 6.54 Å². The lowest BCUT2D eigenvalue weighted by molar-refractivity contribution is -0.384. The zero-order valence-electron chi connectivity index (χ0n) is 12.8. The first-order valence-corrected chi connectivity index (χ1v) is 7.46. The summed E-state index contributed by atoms with van der Waals surface area (Å²) >= 11 is 0. The third-order valence-corrected chi connectivity index (χ3v) is 3.90. The summed E-state index contributed by atoms with van der Waals surface area (Å²) < 4.78 is 0. The molecule has 0 aliphatic carbocycles. The summed E-state index contributed by atoms with van der Waals surface area (Å²) in [6.45, 7) is 1.27. The van der Waals surface area contributed by atoms with Crippen molar-refractivity contribution < 1.29 is 14.5 Å². The third-order valence-electron chi connectivity index (χ3n) is 3.90. The molecule has 7 heteroatoms. The molecule has 0 spiro atoms. The van der Waals surface area contributed by atoms with Gasteiger partial charge in [0.25, 0.3) is 17.5 Å². The van der Waals surface area contributed by atoms with Gasteiger partial charge < -0.3 is 10.2 Å². The molecule has 122 valence electrons. The number of nitro groups is 1. The molecule has 2 aromatic rings. The summed E-state index contributed by atoms with van der Waals surface area (Å²) in [6, 6.07) is 12.8. The summed E-state index contributed by atoms with van der Waals surface area (Å²) in [5.41, 5.74) is 1.98. The van der Waals surface area contributed by atoms with Crippen molar-refractivity contribution in [3.63, 3.8) is 0 Å². The number of benzene rings is 2. The Morgan fingerprint density at radius 1 is 1.17 bits per heavy atom. The maximum Gasteiger partial charge on any atom is 0.269 e. The number of nitrogens with one attached hydrogen (secondary N) is 1. The van der Waals surface area contributed by atoms with Crippen LogP contribution in [0, 0.1) is 10.1 Å². The highest BCUT2D eigenvalue weighted by Gasteiger charge is 2.26. The zero-order valence-corrected chi connectivity index (χ0v) is 12.8. The lowest BCUT2D eigenvalue weighted by Crippen LogP contribution is -2.35. The fourth-order valence-corrected chi connectivity index (χ4v) is 2.64. The number of hydrogen-bond acceptors (Lipinski definition) is 4. The summed E-state index contributed by atoms with van der Waals surface area (Å²) in [7, 11) is 0. The maximum absolute atomic E-state index is 12.2. The monoisotopic (exact) mass is 325 g/mol. The van der Waals surface area contributed by atoms with Crippen molar-refractivity contribution in [1.29, 1.82) is 0 Å². The first-order valence-electron chi connectivity index (χ1n) is 7.46. The Balaban J connectivity index is 1.53. The molecule has 7 nitrogen and oxygen atoms in total. The second-order valence-electron chi connectivity index (χ2n) is 5.44. The van der Waals surface area contributed by atoms with Gasteiger partial charge in [0.2, 0.25) is 0 Å². The summed E-state index contributed by atoms with van der Waals surface area (Å²) in [5, 5.41) is 13.3. The molecule has 1 heterocycles. The molecule has 2 aromatic carbocycles. The molecule has 0 atom stereocenters. The first kappa shape index (κ1) is 15.7. The second kappa shape index (κ2) is 6.49. The molecular weight excluding hydrogens is 310 g/mol. The van der Waals surface area contributed by atoms with Gasteiger partial charge in [-0.2, -0.15) is 0 Å². The van der Waals surface area contributed by atoms with Crippen LogP contribution in [0.3, 0.4) is 0 Å². The van der Waals surface area contributed by atoms with Gasteiger partial charge in [-0.1, -0.05) is 18.2 Å². The number of nitro benzene ring substituents is 1. The highest BCUT2D eigenvalue weighted by atomic mass is 16.6. The van der Waals surface area contributed by atoms with Crippen LogP contribution in [0.5, 0.6) is 0 Å². The van der Waals surface area contributed by atoms with E-state index in [1.54, 1.807) is 11.0 Å². The molecule has 0 bridgehead atoms. The van der Waals surface area contributed by atoms with Crippen molar-refractivity contribution >= 4 is 17.5 Å². The predicted octanol–water partition coefficient (Wildman–Crippen LogP) is 1.98. The maximum atomic E-state index is 12.2. The van der Waals surface area contributed by atoms with Gasteiger partial charge in [-0.15, -0.1) is 0 Å². The Bertz CT molecular complexity index is 802. The normalized spacial score (nSPS) is 12.8. The van der Waals surface area contributed by atoms with E-state index in [0.717, 1.165) is 5.56 Å². The molecule has 24 heavy (non-hydrogen) atoms. The van der Waals surface area contributed by atoms with Crippen LogP contribution >= 0.6 is 0 Å². The van der Waals surface area contributed by atoms with Crippen molar-refractivity contribution in [3.05, 3.63) is 75.3 Å². The van der Waals surface area contributed by atoms with E-state index in [1.165, 1.54) is 24.3 Å². The van der Waals surface area contributed by atoms with Crippen LogP contribution in [0.1, 0.15) is 26.3 Å². The third kappa shape index (κ3) is 3.10. The number of non-ortho nitro benzene ring substituents is 1. The Morgan fingerprint density at radius 3 is 2.54 bits per heavy atom. The minimum absolute atomic E-state index is 0.0322. The lowest BCUT2D eigenvalue weighted by Gasteiger charge is -2.15. The molecule has 0 aromatic heterocycles. The number of hydrogen-bond donors (Lipinski definition) is 1. The molecule has 0 unspecified atom stereocenters. The van der Waals surface area contributed by atoms with Crippen LogP contribution in [0.25, 0.3) is 0 Å². The Labute approximate surface area is 138 Å². The molecule has 3 rings (SSSR count). The van der Waals surface area contributed by atoms with Crippen molar-refractivity contribution in [2.45, 2.75) is 6.54 Å². The van der Waals surface area contributed by atoms with Crippen molar-refractivity contribution in [2.75, 3.05) is 13.1 Å². The van der Waals surface area contributed by atoms with Gasteiger partial charge in [0.05, 0.1) is 4.92 Å². The molecule has 0 saturated heterocycles. The van der Waals surface area contributed by atoms with Crippen LogP contribution in [0.4, 0.5) is 5.69 Å². The Kier molecular flexibility index (Phi) is 4.24. The number of fused-ring (bicyclic) bond motifs is 1. The minimum atomic E-state index is -0.516. The van der Waals surface area contributed by atoms with E-state index in [4.69, 9.17) is 0 Å². The van der Waals surface area contributed by atoms with Gasteiger partial charge in [-0.3, -0.25) is 19.7 Å². The van der Waals surface area contributed by atoms with E-state index < -0.39 is 4.92 Å². The molecule has 2 amide bonds. The average Bonchev–Trinajstić information content (AvgIpc) is 2.91. The lowest BCUT2D eigenvalue weighted by atomic mass is 10.1. The molecule has 1 N–H and O–H groups in total. The summed E-state index contributed by atoms with van der Waals surface area (Å²) in [4.78, 5) is 36.0. The van der Waals surface area contributed by atoms with Crippen LogP contribution in [0.2, 0.25) is 0 Å². The number of carbonyl (C=O) groups is 2. The molecular formula is C17H15N3O4. The first-order chi connectivity index (χ1) is 11.6. The molecule has 1 aliphatic rings. The van der Waals surface area contributed by atoms with Crippen molar-refractivity contribution in [3.8, 4) is 0 Å². The Morgan fingerprint density at radius 2 is 1.88 bits per heavy atom. The fraction of sp³-hybridized carbons (Fsp3) is 0.176. The predicted molar refractivity (Wildman–Crippen MR) is 86.6 cm³/mol. The van der Waals surface area contributed by atoms with E-state index in [1.807, 2.05) is 18.2 Å². The van der Waals surface area contributed by atoms with Gasteiger partial charge in [0.1, 0.15) is 0 Å². The van der Waals surface area contributed by atoms with E-state index in [0.29, 0.717) is 30.8 Å². The largest absolute Gasteiger partial charge is 0.350 e. The topological polar surface area (TPSA) is 92.6 Å². The summed E-state index contributed by atoms with van der Waals surface area (Å²) in [5.74, 6) is -0.357. The van der Waals surface area contributed by atoms with Crippen LogP contribution in [-0.4, -0.2) is 34.7 Å². The molecule has 1 aliphatic heterocycles. The average molecular weight is 325 g/mol.